The summed E-state index contributed by atoms with van der Waals surface area (Å²) >= 11 is 1.25. The zero-order valence-electron chi connectivity index (χ0n) is 9.51. The highest BCUT2D eigenvalue weighted by molar-refractivity contribution is 7.14. The number of hydrogen-bond acceptors (Lipinski definition) is 4. The Bertz CT molecular complexity index is 553. The quantitative estimate of drug-likeness (QED) is 0.912. The average molecular weight is 252 g/mol. The van der Waals surface area contributed by atoms with E-state index in [1.54, 1.807) is 26.2 Å². The van der Waals surface area contributed by atoms with Gasteiger partial charge < -0.3 is 9.84 Å². The van der Waals surface area contributed by atoms with Gasteiger partial charge in [0.25, 0.3) is 0 Å². The van der Waals surface area contributed by atoms with Crippen molar-refractivity contribution in [2.75, 3.05) is 18.6 Å². The van der Waals surface area contributed by atoms with E-state index in [4.69, 9.17) is 9.84 Å². The number of fused-ring (bicyclic) bond motifs is 1. The maximum atomic E-state index is 11.1. The molecule has 1 aromatic carbocycles. The summed E-state index contributed by atoms with van der Waals surface area (Å²) in [6.45, 7) is 2.19. The van der Waals surface area contributed by atoms with Crippen molar-refractivity contribution >= 4 is 33.4 Å². The molecule has 0 spiro atoms. The predicted octanol–water partition coefficient (Wildman–Crippen LogP) is 2.81. The lowest BCUT2D eigenvalue weighted by atomic mass is 10.2. The third kappa shape index (κ3) is 1.91. The molecule has 0 aliphatic carbocycles. The van der Waals surface area contributed by atoms with Gasteiger partial charge in [-0.1, -0.05) is 6.07 Å². The van der Waals surface area contributed by atoms with E-state index < -0.39 is 6.09 Å². The van der Waals surface area contributed by atoms with Gasteiger partial charge in [0, 0.05) is 6.54 Å². The summed E-state index contributed by atoms with van der Waals surface area (Å²) in [6.07, 6.45) is -0.965. The maximum absolute atomic E-state index is 11.1. The number of amides is 1. The maximum Gasteiger partial charge on any atom is 0.411 e. The van der Waals surface area contributed by atoms with Crippen molar-refractivity contribution in [3.05, 3.63) is 18.2 Å². The number of rotatable bonds is 3. The Kier molecular flexibility index (Phi) is 3.14. The lowest BCUT2D eigenvalue weighted by Gasteiger charge is -2.17. The number of nitrogens with zero attached hydrogens (tertiary/aromatic N) is 2. The van der Waals surface area contributed by atoms with Gasteiger partial charge in [-0.25, -0.2) is 4.79 Å². The summed E-state index contributed by atoms with van der Waals surface area (Å²) in [5.74, 6) is 0.535. The average Bonchev–Trinajstić information content (AvgIpc) is 2.73. The number of anilines is 1. The molecule has 1 aromatic heterocycles. The number of hydrogen-bond donors (Lipinski definition) is 1. The fraction of sp³-hybridized carbons (Fsp3) is 0.273. The monoisotopic (exact) mass is 252 g/mol. The largest absolute Gasteiger partial charge is 0.480 e. The molecule has 0 aliphatic heterocycles. The van der Waals surface area contributed by atoms with Crippen LogP contribution in [0, 0.1) is 0 Å². The molecule has 17 heavy (non-hydrogen) atoms. The van der Waals surface area contributed by atoms with Gasteiger partial charge in [-0.05, 0) is 30.6 Å². The molecule has 0 saturated heterocycles. The summed E-state index contributed by atoms with van der Waals surface area (Å²) in [5, 5.41) is 9.97. The van der Waals surface area contributed by atoms with Crippen LogP contribution in [0.15, 0.2) is 18.2 Å². The topological polar surface area (TPSA) is 62.7 Å². The van der Waals surface area contributed by atoms with Crippen LogP contribution in [0.5, 0.6) is 5.88 Å². The summed E-state index contributed by atoms with van der Waals surface area (Å²) in [4.78, 5) is 12.4. The molecular formula is C11H12N2O3S. The minimum absolute atomic E-state index is 0.397. The molecule has 2 rings (SSSR count). The van der Waals surface area contributed by atoms with E-state index in [0.29, 0.717) is 18.1 Å². The highest BCUT2D eigenvalue weighted by atomic mass is 32.1. The fourth-order valence-corrected chi connectivity index (χ4v) is 2.57. The Morgan fingerprint density at radius 2 is 2.35 bits per heavy atom. The van der Waals surface area contributed by atoms with Gasteiger partial charge in [-0.15, -0.1) is 0 Å². The van der Waals surface area contributed by atoms with Gasteiger partial charge >= 0.3 is 6.09 Å². The highest BCUT2D eigenvalue weighted by Gasteiger charge is 2.18. The number of benzene rings is 1. The molecule has 0 aliphatic rings. The molecule has 0 unspecified atom stereocenters. The van der Waals surface area contributed by atoms with Gasteiger partial charge in [0.15, 0.2) is 0 Å². The molecule has 6 heteroatoms. The normalized spacial score (nSPS) is 10.5. The minimum Gasteiger partial charge on any atom is -0.480 e. The lowest BCUT2D eigenvalue weighted by Crippen LogP contribution is -2.28. The van der Waals surface area contributed by atoms with Crippen molar-refractivity contribution < 1.29 is 14.6 Å². The molecule has 0 atom stereocenters. The lowest BCUT2D eigenvalue weighted by molar-refractivity contribution is 0.202. The van der Waals surface area contributed by atoms with Crippen LogP contribution < -0.4 is 9.64 Å². The SMILES string of the molecule is CCN(C(=O)O)c1cccc2c(OC)nsc12. The highest BCUT2D eigenvalue weighted by Crippen LogP contribution is 2.35. The van der Waals surface area contributed by atoms with Crippen LogP contribution in [0.4, 0.5) is 10.5 Å². The van der Waals surface area contributed by atoms with E-state index in [1.165, 1.54) is 16.4 Å². The summed E-state index contributed by atoms with van der Waals surface area (Å²) in [7, 11) is 1.55. The van der Waals surface area contributed by atoms with Crippen molar-refractivity contribution in [3.8, 4) is 5.88 Å². The summed E-state index contributed by atoms with van der Waals surface area (Å²) in [5.41, 5.74) is 0.651. The first-order valence-electron chi connectivity index (χ1n) is 5.11. The molecule has 90 valence electrons. The number of aromatic nitrogens is 1. The second-order valence-corrected chi connectivity index (χ2v) is 4.15. The summed E-state index contributed by atoms with van der Waals surface area (Å²) in [6, 6.07) is 5.45. The first-order chi connectivity index (χ1) is 8.19. The van der Waals surface area contributed by atoms with Gasteiger partial charge in [-0.3, -0.25) is 4.90 Å². The second-order valence-electron chi connectivity index (χ2n) is 3.37. The fourth-order valence-electron chi connectivity index (χ4n) is 1.69. The Morgan fingerprint density at radius 1 is 1.59 bits per heavy atom. The Hall–Kier alpha value is -1.82. The molecule has 1 heterocycles. The summed E-state index contributed by atoms with van der Waals surface area (Å²) < 4.78 is 10.1. The van der Waals surface area contributed by atoms with Gasteiger partial charge in [0.05, 0.1) is 22.9 Å². The molecule has 0 bridgehead atoms. The standard InChI is InChI=1S/C11H12N2O3S/c1-3-13(11(14)15)8-6-4-5-7-9(8)17-12-10(7)16-2/h4-6H,3H2,1-2H3,(H,14,15). The van der Waals surface area contributed by atoms with Crippen molar-refractivity contribution in [2.45, 2.75) is 6.92 Å². The van der Waals surface area contributed by atoms with Crippen molar-refractivity contribution in [3.63, 3.8) is 0 Å². The van der Waals surface area contributed by atoms with Crippen LogP contribution in [0.1, 0.15) is 6.92 Å². The second kappa shape index (κ2) is 4.58. The third-order valence-corrected chi connectivity index (χ3v) is 3.34. The van der Waals surface area contributed by atoms with E-state index >= 15 is 0 Å². The van der Waals surface area contributed by atoms with Crippen LogP contribution >= 0.6 is 11.5 Å². The van der Waals surface area contributed by atoms with E-state index in [0.717, 1.165) is 10.1 Å². The zero-order valence-corrected chi connectivity index (χ0v) is 10.3. The van der Waals surface area contributed by atoms with Gasteiger partial charge in [0.2, 0.25) is 5.88 Å². The van der Waals surface area contributed by atoms with Crippen LogP contribution in [-0.2, 0) is 0 Å². The van der Waals surface area contributed by atoms with Crippen molar-refractivity contribution in [1.82, 2.24) is 4.37 Å². The number of methoxy groups -OCH3 is 1. The minimum atomic E-state index is -0.965. The molecule has 0 radical (unpaired) electrons. The number of ether oxygens (including phenoxy) is 1. The molecule has 2 aromatic rings. The van der Waals surface area contributed by atoms with Crippen molar-refractivity contribution in [2.24, 2.45) is 0 Å². The van der Waals surface area contributed by atoms with E-state index in [2.05, 4.69) is 4.37 Å². The van der Waals surface area contributed by atoms with Gasteiger partial charge in [0.1, 0.15) is 0 Å². The smallest absolute Gasteiger partial charge is 0.411 e. The zero-order chi connectivity index (χ0) is 12.4. The van der Waals surface area contributed by atoms with E-state index in [-0.39, 0.29) is 0 Å². The van der Waals surface area contributed by atoms with Crippen LogP contribution in [0.3, 0.4) is 0 Å². The predicted molar refractivity (Wildman–Crippen MR) is 67.2 cm³/mol. The Labute approximate surface area is 102 Å². The Morgan fingerprint density at radius 3 is 2.94 bits per heavy atom. The molecule has 0 saturated carbocycles. The molecule has 1 N–H and O–H groups in total. The third-order valence-electron chi connectivity index (χ3n) is 2.48. The molecule has 0 fully saturated rings. The molecule has 5 nitrogen and oxygen atoms in total. The van der Waals surface area contributed by atoms with Crippen LogP contribution in [0.2, 0.25) is 0 Å². The Balaban J connectivity index is 2.61. The first-order valence-corrected chi connectivity index (χ1v) is 5.89. The van der Waals surface area contributed by atoms with Gasteiger partial charge in [-0.2, -0.15) is 4.37 Å². The van der Waals surface area contributed by atoms with E-state index in [9.17, 15) is 4.79 Å². The van der Waals surface area contributed by atoms with E-state index in [1.807, 2.05) is 6.07 Å². The van der Waals surface area contributed by atoms with Crippen LogP contribution in [-0.4, -0.2) is 29.2 Å². The molecular weight excluding hydrogens is 240 g/mol. The number of carbonyl (C=O) groups is 1. The molecule has 1 amide bonds. The number of carboxylic acid groups (broad SMARTS) is 1. The van der Waals surface area contributed by atoms with Crippen LogP contribution in [0.25, 0.3) is 10.1 Å². The van der Waals surface area contributed by atoms with Crippen molar-refractivity contribution in [1.29, 1.82) is 0 Å². The first kappa shape index (κ1) is 11.7.